The molecule has 2 aromatic carbocycles. The molecule has 0 aliphatic heterocycles. The molecule has 0 unspecified atom stereocenters. The second kappa shape index (κ2) is 9.10. The van der Waals surface area contributed by atoms with Crippen LogP contribution in [0.1, 0.15) is 19.4 Å². The summed E-state index contributed by atoms with van der Waals surface area (Å²) in [5, 5.41) is 3.37. The van der Waals surface area contributed by atoms with Crippen LogP contribution in [0.25, 0.3) is 0 Å². The minimum absolute atomic E-state index is 0.279. The van der Waals surface area contributed by atoms with E-state index in [4.69, 9.17) is 16.3 Å². The number of carbonyl (C=O) groups is 1. The first-order chi connectivity index (χ1) is 12.7. The van der Waals surface area contributed by atoms with Gasteiger partial charge in [0.2, 0.25) is 15.9 Å². The van der Waals surface area contributed by atoms with E-state index in [9.17, 15) is 13.2 Å². The number of carbonyl (C=O) groups excluding carboxylic acids is 1. The third-order valence-electron chi connectivity index (χ3n) is 3.87. The number of nitrogens with one attached hydrogen (secondary N) is 1. The largest absolute Gasteiger partial charge is 0.494 e. The third-order valence-corrected chi connectivity index (χ3v) is 5.36. The molecular weight excluding hydrogens is 388 g/mol. The fourth-order valence-electron chi connectivity index (χ4n) is 2.60. The first kappa shape index (κ1) is 21.1. The predicted molar refractivity (Wildman–Crippen MR) is 108 cm³/mol. The van der Waals surface area contributed by atoms with Crippen molar-refractivity contribution in [1.29, 1.82) is 0 Å². The molecule has 0 aromatic heterocycles. The summed E-state index contributed by atoms with van der Waals surface area (Å²) in [6.07, 6.45) is 1.08. The van der Waals surface area contributed by atoms with Crippen molar-refractivity contribution in [1.82, 2.24) is 5.32 Å². The summed E-state index contributed by atoms with van der Waals surface area (Å²) >= 11 is 5.85. The summed E-state index contributed by atoms with van der Waals surface area (Å²) in [6, 6.07) is 12.7. The minimum atomic E-state index is -3.66. The Bertz CT molecular complexity index is 868. The van der Waals surface area contributed by atoms with E-state index < -0.39 is 22.0 Å². The molecule has 0 aliphatic rings. The van der Waals surface area contributed by atoms with Gasteiger partial charge in [0.15, 0.2) is 0 Å². The first-order valence-electron chi connectivity index (χ1n) is 8.46. The van der Waals surface area contributed by atoms with E-state index >= 15 is 0 Å². The number of nitrogens with zero attached hydrogens (tertiary/aromatic N) is 1. The van der Waals surface area contributed by atoms with Crippen LogP contribution in [0.3, 0.4) is 0 Å². The predicted octanol–water partition coefficient (Wildman–Crippen LogP) is 3.21. The van der Waals surface area contributed by atoms with Crippen molar-refractivity contribution < 1.29 is 17.9 Å². The Hall–Kier alpha value is -2.25. The Balaban J connectivity index is 2.15. The van der Waals surface area contributed by atoms with Gasteiger partial charge in [-0.1, -0.05) is 23.7 Å². The van der Waals surface area contributed by atoms with Crippen LogP contribution in [0.5, 0.6) is 5.75 Å². The fourth-order valence-corrected chi connectivity index (χ4v) is 3.90. The van der Waals surface area contributed by atoms with Gasteiger partial charge < -0.3 is 10.1 Å². The Morgan fingerprint density at radius 2 is 1.74 bits per heavy atom. The number of amides is 1. The molecule has 1 atom stereocenters. The van der Waals surface area contributed by atoms with E-state index in [0.29, 0.717) is 23.1 Å². The maximum Gasteiger partial charge on any atom is 0.243 e. The molecule has 0 saturated carbocycles. The molecule has 0 heterocycles. The molecule has 6 nitrogen and oxygen atoms in total. The highest BCUT2D eigenvalue weighted by Crippen LogP contribution is 2.24. The lowest BCUT2D eigenvalue weighted by Crippen LogP contribution is -2.47. The van der Waals surface area contributed by atoms with Gasteiger partial charge in [-0.2, -0.15) is 0 Å². The number of sulfonamides is 1. The molecule has 0 bridgehead atoms. The molecule has 0 saturated heterocycles. The zero-order valence-corrected chi connectivity index (χ0v) is 17.0. The van der Waals surface area contributed by atoms with E-state index in [1.54, 1.807) is 55.5 Å². The summed E-state index contributed by atoms with van der Waals surface area (Å²) in [6.45, 7) is 4.21. The van der Waals surface area contributed by atoms with E-state index in [0.717, 1.165) is 16.1 Å². The van der Waals surface area contributed by atoms with Crippen molar-refractivity contribution >= 4 is 33.2 Å². The topological polar surface area (TPSA) is 75.7 Å². The number of ether oxygens (including phenoxy) is 1. The number of hydrogen-bond acceptors (Lipinski definition) is 4. The monoisotopic (exact) mass is 410 g/mol. The van der Waals surface area contributed by atoms with Crippen molar-refractivity contribution in [2.24, 2.45) is 0 Å². The van der Waals surface area contributed by atoms with Crippen molar-refractivity contribution in [3.63, 3.8) is 0 Å². The van der Waals surface area contributed by atoms with Crippen LogP contribution in [-0.2, 0) is 21.4 Å². The highest BCUT2D eigenvalue weighted by molar-refractivity contribution is 7.92. The summed E-state index contributed by atoms with van der Waals surface area (Å²) in [5.41, 5.74) is 1.27. The summed E-state index contributed by atoms with van der Waals surface area (Å²) < 4.78 is 31.1. The average Bonchev–Trinajstić information content (AvgIpc) is 2.61. The number of hydrogen-bond donors (Lipinski definition) is 1. The zero-order valence-electron chi connectivity index (χ0n) is 15.5. The number of anilines is 1. The van der Waals surface area contributed by atoms with Gasteiger partial charge in [-0.05, 0) is 55.8 Å². The van der Waals surface area contributed by atoms with Crippen LogP contribution in [-0.4, -0.2) is 33.2 Å². The first-order valence-corrected chi connectivity index (χ1v) is 10.7. The SMILES string of the molecule is CCOc1ccc(N([C@@H](C)C(=O)NCc2ccc(Cl)cc2)S(C)(=O)=O)cc1. The molecule has 146 valence electrons. The molecule has 0 aliphatic carbocycles. The van der Waals surface area contributed by atoms with E-state index in [-0.39, 0.29) is 6.54 Å². The van der Waals surface area contributed by atoms with Gasteiger partial charge in [0.25, 0.3) is 0 Å². The number of halogens is 1. The number of rotatable bonds is 8. The molecule has 8 heteroatoms. The smallest absolute Gasteiger partial charge is 0.243 e. The quantitative estimate of drug-likeness (QED) is 0.725. The molecular formula is C19H23ClN2O4S. The lowest BCUT2D eigenvalue weighted by atomic mass is 10.2. The molecule has 2 aromatic rings. The maximum absolute atomic E-state index is 12.5. The highest BCUT2D eigenvalue weighted by Gasteiger charge is 2.29. The van der Waals surface area contributed by atoms with Crippen LogP contribution < -0.4 is 14.4 Å². The normalized spacial score (nSPS) is 12.3. The van der Waals surface area contributed by atoms with Gasteiger partial charge in [0.05, 0.1) is 18.6 Å². The van der Waals surface area contributed by atoms with Crippen molar-refractivity contribution in [3.05, 3.63) is 59.1 Å². The highest BCUT2D eigenvalue weighted by atomic mass is 35.5. The second-order valence-electron chi connectivity index (χ2n) is 6.01. The molecule has 27 heavy (non-hydrogen) atoms. The molecule has 0 fully saturated rings. The molecule has 0 radical (unpaired) electrons. The van der Waals surface area contributed by atoms with Gasteiger partial charge in [-0.3, -0.25) is 9.10 Å². The lowest BCUT2D eigenvalue weighted by molar-refractivity contribution is -0.122. The van der Waals surface area contributed by atoms with Crippen molar-refractivity contribution in [2.75, 3.05) is 17.2 Å². The van der Waals surface area contributed by atoms with Crippen LogP contribution in [0, 0.1) is 0 Å². The van der Waals surface area contributed by atoms with Crippen LogP contribution in [0.15, 0.2) is 48.5 Å². The second-order valence-corrected chi connectivity index (χ2v) is 8.30. The van der Waals surface area contributed by atoms with Crippen molar-refractivity contribution in [2.45, 2.75) is 26.4 Å². The van der Waals surface area contributed by atoms with Gasteiger partial charge >= 0.3 is 0 Å². The van der Waals surface area contributed by atoms with Gasteiger partial charge in [0, 0.05) is 11.6 Å². The van der Waals surface area contributed by atoms with Gasteiger partial charge in [-0.25, -0.2) is 8.42 Å². The minimum Gasteiger partial charge on any atom is -0.494 e. The Kier molecular flexibility index (Phi) is 7.10. The molecule has 2 rings (SSSR count). The molecule has 1 amide bonds. The summed E-state index contributed by atoms with van der Waals surface area (Å²) in [7, 11) is -3.66. The average molecular weight is 411 g/mol. The lowest BCUT2D eigenvalue weighted by Gasteiger charge is -2.28. The van der Waals surface area contributed by atoms with E-state index in [1.807, 2.05) is 6.92 Å². The third kappa shape index (κ3) is 5.87. The van der Waals surface area contributed by atoms with Gasteiger partial charge in [0.1, 0.15) is 11.8 Å². The number of benzene rings is 2. The van der Waals surface area contributed by atoms with E-state index in [1.165, 1.54) is 0 Å². The van der Waals surface area contributed by atoms with E-state index in [2.05, 4.69) is 5.32 Å². The standard InChI is InChI=1S/C19H23ClN2O4S/c1-4-26-18-11-9-17(10-12-18)22(27(3,24)25)14(2)19(23)21-13-15-5-7-16(20)8-6-15/h5-12,14H,4,13H2,1-3H3,(H,21,23)/t14-/m0/s1. The van der Waals surface area contributed by atoms with Crippen LogP contribution in [0.2, 0.25) is 5.02 Å². The molecule has 0 spiro atoms. The van der Waals surface area contributed by atoms with Gasteiger partial charge in [-0.15, -0.1) is 0 Å². The Morgan fingerprint density at radius 3 is 2.26 bits per heavy atom. The maximum atomic E-state index is 12.5. The van der Waals surface area contributed by atoms with Crippen LogP contribution >= 0.6 is 11.6 Å². The fraction of sp³-hybridized carbons (Fsp3) is 0.316. The van der Waals surface area contributed by atoms with Crippen LogP contribution in [0.4, 0.5) is 5.69 Å². The summed E-state index contributed by atoms with van der Waals surface area (Å²) in [4.78, 5) is 12.5. The zero-order chi connectivity index (χ0) is 20.0. The summed E-state index contributed by atoms with van der Waals surface area (Å²) in [5.74, 6) is 0.235. The van der Waals surface area contributed by atoms with Crippen molar-refractivity contribution in [3.8, 4) is 5.75 Å². The Labute approximate surface area is 165 Å². The Morgan fingerprint density at radius 1 is 1.15 bits per heavy atom. The molecule has 1 N–H and O–H groups in total.